The van der Waals surface area contributed by atoms with E-state index < -0.39 is 11.9 Å². The van der Waals surface area contributed by atoms with Crippen LogP contribution in [0.25, 0.3) is 9.40 Å². The number of rotatable bonds is 3. The van der Waals surface area contributed by atoms with Crippen LogP contribution in [0.4, 0.5) is 4.39 Å². The zero-order valence-corrected chi connectivity index (χ0v) is 12.2. The molecule has 19 heavy (non-hydrogen) atoms. The Bertz CT molecular complexity index is 691. The molecule has 2 heterocycles. The molecule has 0 saturated heterocycles. The fourth-order valence-electron chi connectivity index (χ4n) is 1.96. The van der Waals surface area contributed by atoms with E-state index in [1.807, 2.05) is 17.5 Å². The second-order valence-electron chi connectivity index (χ2n) is 4.23. The van der Waals surface area contributed by atoms with E-state index in [4.69, 9.17) is 11.6 Å². The first-order valence-corrected chi connectivity index (χ1v) is 7.80. The van der Waals surface area contributed by atoms with E-state index in [1.54, 1.807) is 34.8 Å². The molecule has 0 aliphatic rings. The van der Waals surface area contributed by atoms with Gasteiger partial charge in [0.2, 0.25) is 0 Å². The molecule has 3 aromatic rings. The second kappa shape index (κ2) is 5.21. The number of hydrogen-bond acceptors (Lipinski definition) is 3. The maximum Gasteiger partial charge on any atom is 0.142 e. The molecule has 0 aliphatic heterocycles. The van der Waals surface area contributed by atoms with Crippen molar-refractivity contribution in [2.24, 2.45) is 0 Å². The van der Waals surface area contributed by atoms with E-state index in [-0.39, 0.29) is 5.02 Å². The lowest BCUT2D eigenvalue weighted by molar-refractivity contribution is 0.182. The van der Waals surface area contributed by atoms with Crippen molar-refractivity contribution < 1.29 is 9.50 Å². The summed E-state index contributed by atoms with van der Waals surface area (Å²) in [7, 11) is 0. The van der Waals surface area contributed by atoms with E-state index in [1.165, 1.54) is 15.5 Å². The minimum Gasteiger partial charge on any atom is -0.387 e. The van der Waals surface area contributed by atoms with Gasteiger partial charge >= 0.3 is 0 Å². The minimum absolute atomic E-state index is 0.0971. The van der Waals surface area contributed by atoms with Crippen LogP contribution < -0.4 is 0 Å². The third-order valence-electron chi connectivity index (χ3n) is 2.93. The summed E-state index contributed by atoms with van der Waals surface area (Å²) in [5.41, 5.74) is 0.630. The molecule has 98 valence electrons. The van der Waals surface area contributed by atoms with Crippen LogP contribution in [-0.2, 0) is 6.42 Å². The van der Waals surface area contributed by atoms with Crippen molar-refractivity contribution in [3.63, 3.8) is 0 Å². The predicted molar refractivity (Wildman–Crippen MR) is 79.8 cm³/mol. The maximum atomic E-state index is 13.3. The summed E-state index contributed by atoms with van der Waals surface area (Å²) < 4.78 is 15.7. The van der Waals surface area contributed by atoms with Gasteiger partial charge in [-0.1, -0.05) is 23.7 Å². The van der Waals surface area contributed by atoms with Crippen molar-refractivity contribution in [1.29, 1.82) is 0 Å². The third kappa shape index (κ3) is 2.54. The standard InChI is InChI=1S/C14H10ClFOS2/c15-14-8(2-1-3-9(14)16)6-10(17)12-7-13-11(19-12)4-5-18-13/h1-5,7,10,17H,6H2. The number of halogens is 2. The zero-order chi connectivity index (χ0) is 13.4. The first kappa shape index (κ1) is 13.1. The number of thiophene rings is 2. The van der Waals surface area contributed by atoms with Gasteiger partial charge in [0.25, 0.3) is 0 Å². The molecule has 1 unspecified atom stereocenters. The first-order chi connectivity index (χ1) is 9.15. The first-order valence-electron chi connectivity index (χ1n) is 5.73. The van der Waals surface area contributed by atoms with Crippen LogP contribution in [0.15, 0.2) is 35.7 Å². The number of benzene rings is 1. The lowest BCUT2D eigenvalue weighted by Gasteiger charge is -2.10. The molecule has 0 aliphatic carbocycles. The molecule has 0 fully saturated rings. The average molecular weight is 313 g/mol. The van der Waals surface area contributed by atoms with Gasteiger partial charge in [-0.15, -0.1) is 22.7 Å². The van der Waals surface area contributed by atoms with Crippen molar-refractivity contribution in [2.75, 3.05) is 0 Å². The van der Waals surface area contributed by atoms with Crippen molar-refractivity contribution in [3.05, 3.63) is 57.0 Å². The van der Waals surface area contributed by atoms with Gasteiger partial charge in [0.15, 0.2) is 0 Å². The number of hydrogen-bond donors (Lipinski definition) is 1. The van der Waals surface area contributed by atoms with Crippen LogP contribution >= 0.6 is 34.3 Å². The normalized spacial score (nSPS) is 13.0. The maximum absolute atomic E-state index is 13.3. The molecule has 0 amide bonds. The summed E-state index contributed by atoms with van der Waals surface area (Å²) >= 11 is 9.12. The highest BCUT2D eigenvalue weighted by molar-refractivity contribution is 7.26. The van der Waals surface area contributed by atoms with Gasteiger partial charge in [-0.25, -0.2) is 4.39 Å². The lowest BCUT2D eigenvalue weighted by atomic mass is 10.1. The molecule has 0 saturated carbocycles. The summed E-state index contributed by atoms with van der Waals surface area (Å²) in [4.78, 5) is 0.891. The van der Waals surface area contributed by atoms with E-state index in [0.29, 0.717) is 12.0 Å². The van der Waals surface area contributed by atoms with E-state index >= 15 is 0 Å². The Morgan fingerprint density at radius 3 is 2.89 bits per heavy atom. The smallest absolute Gasteiger partial charge is 0.142 e. The fraction of sp³-hybridized carbons (Fsp3) is 0.143. The Hall–Kier alpha value is -0.940. The molecule has 0 bridgehead atoms. The van der Waals surface area contributed by atoms with Crippen molar-refractivity contribution in [1.82, 2.24) is 0 Å². The van der Waals surface area contributed by atoms with Gasteiger partial charge in [0.1, 0.15) is 5.82 Å². The Balaban J connectivity index is 1.86. The molecular formula is C14H10ClFOS2. The Morgan fingerprint density at radius 2 is 2.11 bits per heavy atom. The van der Waals surface area contributed by atoms with Crippen LogP contribution in [0.1, 0.15) is 16.5 Å². The summed E-state index contributed by atoms with van der Waals surface area (Å²) in [6.45, 7) is 0. The molecule has 0 spiro atoms. The van der Waals surface area contributed by atoms with Crippen molar-refractivity contribution in [2.45, 2.75) is 12.5 Å². The topological polar surface area (TPSA) is 20.2 Å². The molecule has 3 rings (SSSR count). The van der Waals surface area contributed by atoms with E-state index in [9.17, 15) is 9.50 Å². The summed E-state index contributed by atoms with van der Waals surface area (Å²) in [6.07, 6.45) is -0.325. The highest BCUT2D eigenvalue weighted by Gasteiger charge is 2.15. The van der Waals surface area contributed by atoms with Gasteiger partial charge < -0.3 is 5.11 Å². The lowest BCUT2D eigenvalue weighted by Crippen LogP contribution is -2.00. The molecule has 1 aromatic carbocycles. The SMILES string of the molecule is OC(Cc1cccc(F)c1Cl)c1cc2sccc2s1. The molecule has 5 heteroatoms. The summed E-state index contributed by atoms with van der Waals surface area (Å²) in [5.74, 6) is -0.446. The minimum atomic E-state index is -0.649. The zero-order valence-electron chi connectivity index (χ0n) is 9.77. The monoisotopic (exact) mass is 312 g/mol. The van der Waals surface area contributed by atoms with Crippen LogP contribution in [0, 0.1) is 5.82 Å². The van der Waals surface area contributed by atoms with Gasteiger partial charge in [0, 0.05) is 20.7 Å². The second-order valence-corrected chi connectivity index (χ2v) is 6.67. The third-order valence-corrected chi connectivity index (χ3v) is 5.55. The quantitative estimate of drug-likeness (QED) is 0.719. The van der Waals surface area contributed by atoms with Gasteiger partial charge in [-0.05, 0) is 29.1 Å². The number of fused-ring (bicyclic) bond motifs is 1. The Labute approximate surface area is 122 Å². The Kier molecular flexibility index (Phi) is 3.58. The molecule has 2 aromatic heterocycles. The molecule has 1 N–H and O–H groups in total. The largest absolute Gasteiger partial charge is 0.387 e. The Morgan fingerprint density at radius 1 is 1.26 bits per heavy atom. The molecular weight excluding hydrogens is 303 g/mol. The number of aliphatic hydroxyl groups is 1. The summed E-state index contributed by atoms with van der Waals surface area (Å²) in [5, 5.41) is 12.4. The highest BCUT2D eigenvalue weighted by atomic mass is 35.5. The summed E-state index contributed by atoms with van der Waals surface area (Å²) in [6, 6.07) is 8.69. The van der Waals surface area contributed by atoms with Crippen LogP contribution in [0.5, 0.6) is 0 Å². The van der Waals surface area contributed by atoms with Crippen LogP contribution in [0.2, 0.25) is 5.02 Å². The predicted octanol–water partition coefficient (Wildman–Crippen LogP) is 5.03. The molecule has 1 nitrogen and oxygen atoms in total. The molecule has 0 radical (unpaired) electrons. The van der Waals surface area contributed by atoms with Gasteiger partial charge in [-0.3, -0.25) is 0 Å². The van der Waals surface area contributed by atoms with Gasteiger partial charge in [0.05, 0.1) is 11.1 Å². The van der Waals surface area contributed by atoms with Crippen LogP contribution in [-0.4, -0.2) is 5.11 Å². The van der Waals surface area contributed by atoms with E-state index in [2.05, 4.69) is 0 Å². The average Bonchev–Trinajstić information content (AvgIpc) is 2.95. The van der Waals surface area contributed by atoms with Crippen LogP contribution in [0.3, 0.4) is 0 Å². The van der Waals surface area contributed by atoms with E-state index in [0.717, 1.165) is 4.88 Å². The molecule has 1 atom stereocenters. The fourth-order valence-corrected chi connectivity index (χ4v) is 4.27. The van der Waals surface area contributed by atoms with Crippen molar-refractivity contribution in [3.8, 4) is 0 Å². The van der Waals surface area contributed by atoms with Crippen molar-refractivity contribution >= 4 is 43.7 Å². The van der Waals surface area contributed by atoms with Gasteiger partial charge in [-0.2, -0.15) is 0 Å². The highest BCUT2D eigenvalue weighted by Crippen LogP contribution is 2.35. The number of aliphatic hydroxyl groups excluding tert-OH is 1.